The molecule has 0 bridgehead atoms. The normalized spacial score (nSPS) is 11.3. The van der Waals surface area contributed by atoms with E-state index in [1.54, 1.807) is 17.1 Å². The molecule has 0 aliphatic rings. The molecular formula is C22H22F2N4O3. The molecule has 0 spiro atoms. The van der Waals surface area contributed by atoms with Crippen molar-refractivity contribution >= 4 is 11.0 Å². The second kappa shape index (κ2) is 8.35. The zero-order valence-corrected chi connectivity index (χ0v) is 17.4. The van der Waals surface area contributed by atoms with Gasteiger partial charge in [0, 0.05) is 53.2 Å². The maximum absolute atomic E-state index is 14.8. The molecule has 2 N–H and O–H groups in total. The first-order valence-corrected chi connectivity index (χ1v) is 9.67. The molecule has 4 rings (SSSR count). The number of nitrogens with zero attached hydrogens (tertiary/aromatic N) is 3. The van der Waals surface area contributed by atoms with Crippen molar-refractivity contribution in [3.63, 3.8) is 0 Å². The Bertz CT molecular complexity index is 1220. The van der Waals surface area contributed by atoms with Gasteiger partial charge in [0.2, 0.25) is 0 Å². The molecule has 0 unspecified atom stereocenters. The van der Waals surface area contributed by atoms with Crippen LogP contribution in [0.1, 0.15) is 16.8 Å². The largest absolute Gasteiger partial charge is 0.494 e. The number of pyridine rings is 1. The molecule has 9 heteroatoms. The van der Waals surface area contributed by atoms with E-state index in [0.29, 0.717) is 17.8 Å². The van der Waals surface area contributed by atoms with Crippen LogP contribution in [0.25, 0.3) is 22.2 Å². The van der Waals surface area contributed by atoms with Crippen LogP contribution in [0.15, 0.2) is 30.7 Å². The minimum atomic E-state index is -0.764. The minimum Gasteiger partial charge on any atom is -0.494 e. The lowest BCUT2D eigenvalue weighted by Crippen LogP contribution is -2.03. The molecule has 3 heterocycles. The zero-order chi connectivity index (χ0) is 22.1. The Balaban J connectivity index is 1.78. The van der Waals surface area contributed by atoms with E-state index in [0.717, 1.165) is 22.2 Å². The van der Waals surface area contributed by atoms with E-state index in [-0.39, 0.29) is 30.1 Å². The monoisotopic (exact) mass is 428 g/mol. The lowest BCUT2D eigenvalue weighted by atomic mass is 10.0. The molecule has 31 heavy (non-hydrogen) atoms. The van der Waals surface area contributed by atoms with E-state index >= 15 is 0 Å². The van der Waals surface area contributed by atoms with E-state index in [9.17, 15) is 8.78 Å². The third-order valence-corrected chi connectivity index (χ3v) is 5.24. The van der Waals surface area contributed by atoms with Gasteiger partial charge in [-0.3, -0.25) is 4.68 Å². The Morgan fingerprint density at radius 2 is 1.84 bits per heavy atom. The van der Waals surface area contributed by atoms with Crippen LogP contribution in [0.5, 0.6) is 11.5 Å². The third-order valence-electron chi connectivity index (χ3n) is 5.24. The predicted octanol–water partition coefficient (Wildman–Crippen LogP) is 3.61. The van der Waals surface area contributed by atoms with Crippen LogP contribution < -0.4 is 9.47 Å². The molecule has 0 saturated heterocycles. The second-order valence-electron chi connectivity index (χ2n) is 7.11. The SMILES string of the molecule is COc1cc(OC)c(F)c(Cc2c[nH]c3ncc(-c4cn(CCO)nc4C)cc23)c1F. The van der Waals surface area contributed by atoms with Crippen LogP contribution in [0.4, 0.5) is 8.78 Å². The van der Waals surface area contributed by atoms with Gasteiger partial charge < -0.3 is 19.6 Å². The summed E-state index contributed by atoms with van der Waals surface area (Å²) in [6.45, 7) is 2.25. The van der Waals surface area contributed by atoms with Crippen molar-refractivity contribution in [3.05, 3.63) is 59.2 Å². The molecule has 0 amide bonds. The van der Waals surface area contributed by atoms with Crippen LogP contribution in [0.2, 0.25) is 0 Å². The fourth-order valence-corrected chi connectivity index (χ4v) is 3.65. The number of rotatable bonds is 7. The maximum atomic E-state index is 14.8. The van der Waals surface area contributed by atoms with Gasteiger partial charge in [-0.2, -0.15) is 5.10 Å². The molecule has 0 aliphatic heterocycles. The maximum Gasteiger partial charge on any atom is 0.171 e. The molecular weight excluding hydrogens is 406 g/mol. The molecule has 7 nitrogen and oxygen atoms in total. The summed E-state index contributed by atoms with van der Waals surface area (Å²) in [5, 5.41) is 14.3. The summed E-state index contributed by atoms with van der Waals surface area (Å²) < 4.78 is 41.4. The second-order valence-corrected chi connectivity index (χ2v) is 7.11. The van der Waals surface area contributed by atoms with E-state index in [1.807, 2.05) is 19.2 Å². The average molecular weight is 428 g/mol. The number of aliphatic hydroxyl groups is 1. The number of aryl methyl sites for hydroxylation is 1. The van der Waals surface area contributed by atoms with Crippen LogP contribution >= 0.6 is 0 Å². The quantitative estimate of drug-likeness (QED) is 0.470. The molecule has 0 radical (unpaired) electrons. The topological polar surface area (TPSA) is 85.2 Å². The predicted molar refractivity (Wildman–Crippen MR) is 111 cm³/mol. The van der Waals surface area contributed by atoms with Gasteiger partial charge in [-0.05, 0) is 18.6 Å². The van der Waals surface area contributed by atoms with Gasteiger partial charge in [-0.1, -0.05) is 0 Å². The van der Waals surface area contributed by atoms with Gasteiger partial charge in [0.25, 0.3) is 0 Å². The lowest BCUT2D eigenvalue weighted by Gasteiger charge is -2.12. The van der Waals surface area contributed by atoms with E-state index in [4.69, 9.17) is 14.6 Å². The lowest BCUT2D eigenvalue weighted by molar-refractivity contribution is 0.269. The smallest absolute Gasteiger partial charge is 0.171 e. The highest BCUT2D eigenvalue weighted by atomic mass is 19.1. The first-order valence-electron chi connectivity index (χ1n) is 9.67. The third kappa shape index (κ3) is 3.72. The highest BCUT2D eigenvalue weighted by molar-refractivity contribution is 5.85. The van der Waals surface area contributed by atoms with Crippen molar-refractivity contribution in [1.82, 2.24) is 19.7 Å². The fraction of sp³-hybridized carbons (Fsp3) is 0.273. The molecule has 0 fully saturated rings. The van der Waals surface area contributed by atoms with Gasteiger partial charge in [0.1, 0.15) is 5.65 Å². The summed E-state index contributed by atoms with van der Waals surface area (Å²) in [6.07, 6.45) is 5.23. The summed E-state index contributed by atoms with van der Waals surface area (Å²) in [5.41, 5.74) is 3.62. The Morgan fingerprint density at radius 3 is 2.48 bits per heavy atom. The van der Waals surface area contributed by atoms with Gasteiger partial charge in [-0.25, -0.2) is 13.8 Å². The van der Waals surface area contributed by atoms with E-state index in [2.05, 4.69) is 15.1 Å². The Kier molecular flexibility index (Phi) is 5.60. The molecule has 1 aromatic carbocycles. The molecule has 3 aromatic heterocycles. The highest BCUT2D eigenvalue weighted by Crippen LogP contribution is 2.34. The van der Waals surface area contributed by atoms with Gasteiger partial charge in [0.15, 0.2) is 23.1 Å². The average Bonchev–Trinajstić information content (AvgIpc) is 3.34. The van der Waals surface area contributed by atoms with E-state index in [1.165, 1.54) is 20.3 Å². The van der Waals surface area contributed by atoms with Crippen LogP contribution in [-0.2, 0) is 13.0 Å². The first kappa shape index (κ1) is 20.8. The summed E-state index contributed by atoms with van der Waals surface area (Å²) in [4.78, 5) is 7.50. The van der Waals surface area contributed by atoms with Gasteiger partial charge in [-0.15, -0.1) is 0 Å². The molecule has 162 valence electrons. The van der Waals surface area contributed by atoms with Gasteiger partial charge in [0.05, 0.1) is 33.1 Å². The first-order chi connectivity index (χ1) is 15.0. The van der Waals surface area contributed by atoms with Crippen molar-refractivity contribution < 1.29 is 23.4 Å². The zero-order valence-electron chi connectivity index (χ0n) is 17.4. The number of nitrogens with one attached hydrogen (secondary N) is 1. The number of H-pyrrole nitrogens is 1. The summed E-state index contributed by atoms with van der Waals surface area (Å²) in [6, 6.07) is 3.10. The van der Waals surface area contributed by atoms with Gasteiger partial charge >= 0.3 is 0 Å². The Hall–Kier alpha value is -3.46. The number of halogens is 2. The summed E-state index contributed by atoms with van der Waals surface area (Å²) in [7, 11) is 2.64. The number of hydrogen-bond donors (Lipinski definition) is 2. The van der Waals surface area contributed by atoms with Crippen molar-refractivity contribution in [2.24, 2.45) is 0 Å². The number of hydrogen-bond acceptors (Lipinski definition) is 5. The summed E-state index contributed by atoms with van der Waals surface area (Å²) in [5.74, 6) is -1.70. The number of fused-ring (bicyclic) bond motifs is 1. The molecule has 4 aromatic rings. The Morgan fingerprint density at radius 1 is 1.13 bits per heavy atom. The number of aliphatic hydroxyl groups excluding tert-OH is 1. The van der Waals surface area contributed by atoms with Crippen molar-refractivity contribution in [2.45, 2.75) is 19.9 Å². The van der Waals surface area contributed by atoms with Crippen molar-refractivity contribution in [2.75, 3.05) is 20.8 Å². The minimum absolute atomic E-state index is 0.0130. The molecule has 0 aliphatic carbocycles. The number of aromatic nitrogens is 4. The van der Waals surface area contributed by atoms with Crippen LogP contribution in [0, 0.1) is 18.6 Å². The molecule has 0 atom stereocenters. The van der Waals surface area contributed by atoms with E-state index < -0.39 is 11.6 Å². The number of methoxy groups -OCH3 is 2. The highest BCUT2D eigenvalue weighted by Gasteiger charge is 2.21. The molecule has 0 saturated carbocycles. The standard InChI is InChI=1S/C22H22F2N4O3/c1-12-17(11-28(27-12)4-5-29)14-6-15-13(9-25-22(15)26-10-14)7-16-20(23)18(30-2)8-19(31-3)21(16)24/h6,8-11,29H,4-5,7H2,1-3H3,(H,25,26). The number of ether oxygens (including phenoxy) is 2. The van der Waals surface area contributed by atoms with Crippen molar-refractivity contribution in [3.8, 4) is 22.6 Å². The number of benzene rings is 1. The summed E-state index contributed by atoms with van der Waals surface area (Å²) >= 11 is 0. The van der Waals surface area contributed by atoms with Crippen LogP contribution in [-0.4, -0.2) is 45.7 Å². The number of aromatic amines is 1. The Labute approximate surface area is 177 Å². The fourth-order valence-electron chi connectivity index (χ4n) is 3.65. The van der Waals surface area contributed by atoms with Crippen molar-refractivity contribution in [1.29, 1.82) is 0 Å². The van der Waals surface area contributed by atoms with Crippen LogP contribution in [0.3, 0.4) is 0 Å².